The second-order valence-corrected chi connectivity index (χ2v) is 5.56. The molecule has 26 heavy (non-hydrogen) atoms. The highest BCUT2D eigenvalue weighted by molar-refractivity contribution is 6.03. The Morgan fingerprint density at radius 2 is 1.65 bits per heavy atom. The maximum atomic E-state index is 12.1. The number of aromatic amines is 1. The Bertz CT molecular complexity index is 928. The molecule has 0 fully saturated rings. The molecule has 0 radical (unpaired) electrons. The van der Waals surface area contributed by atoms with Gasteiger partial charge in [0.05, 0.1) is 7.11 Å². The molecular weight excluding hydrogens is 328 g/mol. The molecule has 3 rings (SSSR count). The Morgan fingerprint density at radius 3 is 2.31 bits per heavy atom. The van der Waals surface area contributed by atoms with Crippen LogP contribution in [0.15, 0.2) is 72.8 Å². The molecule has 1 amide bonds. The summed E-state index contributed by atoms with van der Waals surface area (Å²) in [5.41, 5.74) is 3.29. The summed E-state index contributed by atoms with van der Waals surface area (Å²) >= 11 is 0. The third-order valence-electron chi connectivity index (χ3n) is 3.78. The van der Waals surface area contributed by atoms with Gasteiger partial charge < -0.3 is 15.0 Å². The van der Waals surface area contributed by atoms with Gasteiger partial charge >= 0.3 is 5.97 Å². The smallest absolute Gasteiger partial charge is 0.355 e. The molecule has 5 nitrogen and oxygen atoms in total. The summed E-state index contributed by atoms with van der Waals surface area (Å²) in [5.74, 6) is -0.773. The average Bonchev–Trinajstić information content (AvgIpc) is 3.11. The van der Waals surface area contributed by atoms with E-state index in [1.807, 2.05) is 54.6 Å². The standard InChI is InChI=1S/C21H18N2O3/c1-26-21(25)20-16(14-18(23-20)15-8-4-2-5-9-15)12-13-19(24)22-17-10-6-3-7-11-17/h2-14,23H,1H3,(H,22,24)/b13-12+. The number of para-hydroxylation sites is 1. The molecule has 0 aliphatic heterocycles. The highest BCUT2D eigenvalue weighted by Crippen LogP contribution is 2.23. The van der Waals surface area contributed by atoms with Gasteiger partial charge in [0, 0.05) is 23.0 Å². The number of aromatic nitrogens is 1. The lowest BCUT2D eigenvalue weighted by Gasteiger charge is -2.01. The Balaban J connectivity index is 1.84. The summed E-state index contributed by atoms with van der Waals surface area (Å²) in [6, 6.07) is 20.6. The van der Waals surface area contributed by atoms with Crippen LogP contribution >= 0.6 is 0 Å². The van der Waals surface area contributed by atoms with E-state index in [4.69, 9.17) is 4.74 Å². The van der Waals surface area contributed by atoms with Crippen LogP contribution in [0.5, 0.6) is 0 Å². The first-order chi connectivity index (χ1) is 12.7. The highest BCUT2D eigenvalue weighted by atomic mass is 16.5. The summed E-state index contributed by atoms with van der Waals surface area (Å²) < 4.78 is 4.82. The maximum Gasteiger partial charge on any atom is 0.355 e. The Labute approximate surface area is 151 Å². The van der Waals surface area contributed by atoms with Crippen LogP contribution in [0.2, 0.25) is 0 Å². The number of methoxy groups -OCH3 is 1. The van der Waals surface area contributed by atoms with Crippen LogP contribution < -0.4 is 5.32 Å². The molecule has 2 aromatic carbocycles. The first kappa shape index (κ1) is 17.2. The largest absolute Gasteiger partial charge is 0.464 e. The molecule has 130 valence electrons. The fraction of sp³-hybridized carbons (Fsp3) is 0.0476. The van der Waals surface area contributed by atoms with E-state index >= 15 is 0 Å². The number of ether oxygens (including phenoxy) is 1. The zero-order valence-electron chi connectivity index (χ0n) is 14.2. The van der Waals surface area contributed by atoms with E-state index in [1.165, 1.54) is 13.2 Å². The fourth-order valence-electron chi connectivity index (χ4n) is 2.52. The molecule has 0 aliphatic carbocycles. The van der Waals surface area contributed by atoms with E-state index in [-0.39, 0.29) is 5.91 Å². The van der Waals surface area contributed by atoms with Crippen molar-refractivity contribution in [2.24, 2.45) is 0 Å². The van der Waals surface area contributed by atoms with Crippen LogP contribution in [0.1, 0.15) is 16.1 Å². The van der Waals surface area contributed by atoms with Gasteiger partial charge in [-0.25, -0.2) is 4.79 Å². The summed E-state index contributed by atoms with van der Waals surface area (Å²) in [7, 11) is 1.32. The summed E-state index contributed by atoms with van der Waals surface area (Å²) in [4.78, 5) is 27.2. The molecule has 0 aliphatic rings. The van der Waals surface area contributed by atoms with E-state index in [9.17, 15) is 9.59 Å². The van der Waals surface area contributed by atoms with Crippen LogP contribution in [0.3, 0.4) is 0 Å². The molecule has 1 heterocycles. The van der Waals surface area contributed by atoms with E-state index < -0.39 is 5.97 Å². The molecule has 0 saturated carbocycles. The number of esters is 1. The maximum absolute atomic E-state index is 12.1. The quantitative estimate of drug-likeness (QED) is 0.539. The van der Waals surface area contributed by atoms with Gasteiger partial charge in [-0.15, -0.1) is 0 Å². The van der Waals surface area contributed by atoms with E-state index in [0.29, 0.717) is 16.9 Å². The van der Waals surface area contributed by atoms with Gasteiger partial charge in [0.1, 0.15) is 5.69 Å². The Morgan fingerprint density at radius 1 is 1.00 bits per heavy atom. The number of anilines is 1. The number of carbonyl (C=O) groups is 2. The van der Waals surface area contributed by atoms with E-state index in [2.05, 4.69) is 10.3 Å². The summed E-state index contributed by atoms with van der Waals surface area (Å²) in [5, 5.41) is 2.76. The van der Waals surface area contributed by atoms with Crippen LogP contribution in [0, 0.1) is 0 Å². The average molecular weight is 346 g/mol. The summed E-state index contributed by atoms with van der Waals surface area (Å²) in [6.07, 6.45) is 2.98. The number of nitrogens with one attached hydrogen (secondary N) is 2. The van der Waals surface area contributed by atoms with Gasteiger partial charge in [-0.3, -0.25) is 4.79 Å². The van der Waals surface area contributed by atoms with Crippen molar-refractivity contribution in [1.29, 1.82) is 0 Å². The fourth-order valence-corrected chi connectivity index (χ4v) is 2.52. The van der Waals surface area contributed by atoms with Crippen molar-refractivity contribution in [3.05, 3.63) is 84.1 Å². The first-order valence-electron chi connectivity index (χ1n) is 8.08. The van der Waals surface area contributed by atoms with E-state index in [0.717, 1.165) is 11.3 Å². The highest BCUT2D eigenvalue weighted by Gasteiger charge is 2.15. The molecule has 3 aromatic rings. The van der Waals surface area contributed by atoms with Gasteiger partial charge in [-0.1, -0.05) is 48.5 Å². The molecule has 0 saturated heterocycles. The number of hydrogen-bond donors (Lipinski definition) is 2. The predicted molar refractivity (Wildman–Crippen MR) is 102 cm³/mol. The monoisotopic (exact) mass is 346 g/mol. The van der Waals surface area contributed by atoms with Crippen LogP contribution in [-0.2, 0) is 9.53 Å². The van der Waals surface area contributed by atoms with Crippen LogP contribution in [0.25, 0.3) is 17.3 Å². The number of hydrogen-bond acceptors (Lipinski definition) is 3. The lowest BCUT2D eigenvalue weighted by molar-refractivity contribution is -0.111. The predicted octanol–water partition coefficient (Wildman–Crippen LogP) is 4.12. The Kier molecular flexibility index (Phi) is 5.29. The molecule has 0 atom stereocenters. The second kappa shape index (κ2) is 7.98. The van der Waals surface area contributed by atoms with Gasteiger partial charge in [0.2, 0.25) is 5.91 Å². The van der Waals surface area contributed by atoms with Crippen molar-refractivity contribution >= 4 is 23.6 Å². The van der Waals surface area contributed by atoms with Crippen LogP contribution in [0.4, 0.5) is 5.69 Å². The number of carbonyl (C=O) groups excluding carboxylic acids is 2. The third-order valence-corrected chi connectivity index (χ3v) is 3.78. The van der Waals surface area contributed by atoms with Crippen molar-refractivity contribution < 1.29 is 14.3 Å². The normalized spacial score (nSPS) is 10.7. The van der Waals surface area contributed by atoms with Crippen LogP contribution in [-0.4, -0.2) is 24.0 Å². The number of benzene rings is 2. The lowest BCUT2D eigenvalue weighted by Crippen LogP contribution is -2.08. The van der Waals surface area contributed by atoms with Crippen molar-refractivity contribution in [3.63, 3.8) is 0 Å². The third kappa shape index (κ3) is 4.08. The SMILES string of the molecule is COC(=O)c1[nH]c(-c2ccccc2)cc1/C=C/C(=O)Nc1ccccc1. The first-order valence-corrected chi connectivity index (χ1v) is 8.08. The molecule has 1 aromatic heterocycles. The zero-order chi connectivity index (χ0) is 18.4. The van der Waals surface area contributed by atoms with Crippen molar-refractivity contribution in [1.82, 2.24) is 4.98 Å². The van der Waals surface area contributed by atoms with E-state index in [1.54, 1.807) is 18.2 Å². The molecule has 5 heteroatoms. The lowest BCUT2D eigenvalue weighted by atomic mass is 10.1. The minimum Gasteiger partial charge on any atom is -0.464 e. The van der Waals surface area contributed by atoms with Crippen molar-refractivity contribution in [2.75, 3.05) is 12.4 Å². The van der Waals surface area contributed by atoms with Gasteiger partial charge in [-0.05, 0) is 29.8 Å². The molecule has 0 unspecified atom stereocenters. The van der Waals surface area contributed by atoms with Crippen molar-refractivity contribution in [2.45, 2.75) is 0 Å². The molecule has 2 N–H and O–H groups in total. The number of amides is 1. The van der Waals surface area contributed by atoms with Crippen molar-refractivity contribution in [3.8, 4) is 11.3 Å². The number of H-pyrrole nitrogens is 1. The van der Waals surface area contributed by atoms with Gasteiger partial charge in [0.25, 0.3) is 0 Å². The minimum absolute atomic E-state index is 0.283. The topological polar surface area (TPSA) is 71.2 Å². The molecular formula is C21H18N2O3. The second-order valence-electron chi connectivity index (χ2n) is 5.56. The zero-order valence-corrected chi connectivity index (χ0v) is 14.2. The molecule has 0 spiro atoms. The molecule has 0 bridgehead atoms. The number of rotatable bonds is 5. The minimum atomic E-state index is -0.490. The Hall–Kier alpha value is -3.60. The van der Waals surface area contributed by atoms with Gasteiger partial charge in [-0.2, -0.15) is 0 Å². The summed E-state index contributed by atoms with van der Waals surface area (Å²) in [6.45, 7) is 0. The van der Waals surface area contributed by atoms with Gasteiger partial charge in [0.15, 0.2) is 0 Å².